The van der Waals surface area contributed by atoms with Gasteiger partial charge in [-0.05, 0) is 36.1 Å². The molecule has 0 aliphatic heterocycles. The monoisotopic (exact) mass is 316 g/mol. The van der Waals surface area contributed by atoms with E-state index in [0.29, 0.717) is 11.8 Å². The predicted molar refractivity (Wildman–Crippen MR) is 85.7 cm³/mol. The van der Waals surface area contributed by atoms with E-state index < -0.39 is 5.38 Å². The van der Waals surface area contributed by atoms with E-state index in [1.54, 1.807) is 11.8 Å². The van der Waals surface area contributed by atoms with Gasteiger partial charge in [-0.2, -0.15) is 0 Å². The van der Waals surface area contributed by atoms with Crippen molar-refractivity contribution in [2.75, 3.05) is 6.26 Å². The lowest BCUT2D eigenvalue weighted by molar-refractivity contribution is 0.513. The molecule has 0 aliphatic rings. The average molecular weight is 317 g/mol. The van der Waals surface area contributed by atoms with Crippen molar-refractivity contribution in [3.63, 3.8) is 0 Å². The summed E-state index contributed by atoms with van der Waals surface area (Å²) in [6, 6.07) is 17.7. The second-order valence-electron chi connectivity index (χ2n) is 4.45. The predicted octanol–water partition coefficient (Wildman–Crippen LogP) is 4.79. The van der Waals surface area contributed by atoms with Crippen LogP contribution in [0.25, 0.3) is 11.5 Å². The Labute approximate surface area is 132 Å². The third-order valence-electron chi connectivity index (χ3n) is 3.09. The fraction of sp³-hybridized carbons (Fsp3) is 0.125. The van der Waals surface area contributed by atoms with Crippen molar-refractivity contribution in [3.05, 3.63) is 66.1 Å². The molecule has 3 aromatic rings. The fourth-order valence-electron chi connectivity index (χ4n) is 1.95. The standard InChI is InChI=1S/C16H13ClN2OS/c1-21-13-9-7-12(8-10-13)15-18-19-16(20-15)14(17)11-5-3-2-4-6-11/h2-10,14H,1H3. The third-order valence-corrected chi connectivity index (χ3v) is 4.27. The van der Waals surface area contributed by atoms with Crippen LogP contribution in [0.15, 0.2) is 63.9 Å². The number of alkyl halides is 1. The highest BCUT2D eigenvalue weighted by Crippen LogP contribution is 2.30. The third kappa shape index (κ3) is 3.12. The minimum Gasteiger partial charge on any atom is -0.419 e. The zero-order valence-corrected chi connectivity index (χ0v) is 12.9. The first-order chi connectivity index (χ1) is 10.3. The summed E-state index contributed by atoms with van der Waals surface area (Å²) in [6.07, 6.45) is 2.04. The largest absolute Gasteiger partial charge is 0.419 e. The average Bonchev–Trinajstić information content (AvgIpc) is 3.05. The molecule has 0 radical (unpaired) electrons. The molecule has 21 heavy (non-hydrogen) atoms. The van der Waals surface area contributed by atoms with Gasteiger partial charge in [-0.25, -0.2) is 0 Å². The van der Waals surface area contributed by atoms with Gasteiger partial charge in [0.2, 0.25) is 11.8 Å². The summed E-state index contributed by atoms with van der Waals surface area (Å²) in [5.74, 6) is 0.894. The summed E-state index contributed by atoms with van der Waals surface area (Å²) < 4.78 is 5.70. The van der Waals surface area contributed by atoms with Crippen molar-refractivity contribution in [3.8, 4) is 11.5 Å². The Hall–Kier alpha value is -1.78. The number of halogens is 1. The Kier molecular flexibility index (Phi) is 4.27. The first kappa shape index (κ1) is 14.2. The Bertz CT molecular complexity index is 713. The van der Waals surface area contributed by atoms with E-state index in [1.807, 2.05) is 60.9 Å². The van der Waals surface area contributed by atoms with Gasteiger partial charge in [0.15, 0.2) is 0 Å². The normalized spacial score (nSPS) is 12.3. The van der Waals surface area contributed by atoms with E-state index in [9.17, 15) is 0 Å². The van der Waals surface area contributed by atoms with Crippen molar-refractivity contribution < 1.29 is 4.42 Å². The van der Waals surface area contributed by atoms with Crippen LogP contribution in [0.2, 0.25) is 0 Å². The lowest BCUT2D eigenvalue weighted by atomic mass is 10.1. The Morgan fingerprint density at radius 1 is 1.00 bits per heavy atom. The number of nitrogens with zero attached hydrogens (tertiary/aromatic N) is 2. The number of hydrogen-bond donors (Lipinski definition) is 0. The first-order valence-electron chi connectivity index (χ1n) is 6.45. The summed E-state index contributed by atoms with van der Waals surface area (Å²) in [5.41, 5.74) is 1.83. The van der Waals surface area contributed by atoms with Crippen molar-refractivity contribution in [2.45, 2.75) is 10.3 Å². The molecule has 0 saturated carbocycles. The van der Waals surface area contributed by atoms with Crippen LogP contribution in [0, 0.1) is 0 Å². The maximum absolute atomic E-state index is 6.38. The molecule has 1 aromatic heterocycles. The SMILES string of the molecule is CSc1ccc(-c2nnc(C(Cl)c3ccccc3)o2)cc1. The maximum Gasteiger partial charge on any atom is 0.247 e. The number of rotatable bonds is 4. The first-order valence-corrected chi connectivity index (χ1v) is 8.11. The van der Waals surface area contributed by atoms with E-state index >= 15 is 0 Å². The van der Waals surface area contributed by atoms with Crippen molar-refractivity contribution in [2.24, 2.45) is 0 Å². The van der Waals surface area contributed by atoms with Crippen LogP contribution >= 0.6 is 23.4 Å². The van der Waals surface area contributed by atoms with Gasteiger partial charge < -0.3 is 4.42 Å². The summed E-state index contributed by atoms with van der Waals surface area (Å²) in [5, 5.41) is 7.71. The van der Waals surface area contributed by atoms with Crippen LogP contribution in [-0.2, 0) is 0 Å². The highest BCUT2D eigenvalue weighted by Gasteiger charge is 2.18. The molecule has 1 atom stereocenters. The quantitative estimate of drug-likeness (QED) is 0.512. The maximum atomic E-state index is 6.38. The highest BCUT2D eigenvalue weighted by atomic mass is 35.5. The molecule has 1 heterocycles. The molecular formula is C16H13ClN2OS. The van der Waals surface area contributed by atoms with Crippen LogP contribution in [0.3, 0.4) is 0 Å². The Morgan fingerprint density at radius 3 is 2.38 bits per heavy atom. The molecule has 3 rings (SSSR count). The van der Waals surface area contributed by atoms with Crippen LogP contribution in [0.1, 0.15) is 16.8 Å². The second-order valence-corrected chi connectivity index (χ2v) is 5.76. The van der Waals surface area contributed by atoms with Gasteiger partial charge in [0, 0.05) is 10.5 Å². The van der Waals surface area contributed by atoms with Gasteiger partial charge in [-0.3, -0.25) is 0 Å². The van der Waals surface area contributed by atoms with Crippen LogP contribution in [-0.4, -0.2) is 16.5 Å². The Balaban J connectivity index is 1.85. The van der Waals surface area contributed by atoms with Crippen LogP contribution in [0.4, 0.5) is 0 Å². The Morgan fingerprint density at radius 2 is 1.71 bits per heavy atom. The highest BCUT2D eigenvalue weighted by molar-refractivity contribution is 7.98. The molecule has 0 bridgehead atoms. The molecule has 1 unspecified atom stereocenters. The van der Waals surface area contributed by atoms with Crippen LogP contribution < -0.4 is 0 Å². The van der Waals surface area contributed by atoms with Gasteiger partial charge in [-0.15, -0.1) is 33.6 Å². The zero-order valence-electron chi connectivity index (χ0n) is 11.4. The molecule has 0 aliphatic carbocycles. The molecule has 0 saturated heterocycles. The molecule has 2 aromatic carbocycles. The minimum atomic E-state index is -0.432. The molecule has 0 spiro atoms. The van der Waals surface area contributed by atoms with Gasteiger partial charge in [0.25, 0.3) is 0 Å². The lowest BCUT2D eigenvalue weighted by Gasteiger charge is -2.03. The van der Waals surface area contributed by atoms with Crippen molar-refractivity contribution in [1.82, 2.24) is 10.2 Å². The van der Waals surface area contributed by atoms with Crippen molar-refractivity contribution in [1.29, 1.82) is 0 Å². The fourth-order valence-corrected chi connectivity index (χ4v) is 2.59. The zero-order chi connectivity index (χ0) is 14.7. The molecule has 0 amide bonds. The number of aromatic nitrogens is 2. The number of benzene rings is 2. The van der Waals surface area contributed by atoms with Gasteiger partial charge in [0.05, 0.1) is 0 Å². The van der Waals surface area contributed by atoms with E-state index in [4.69, 9.17) is 16.0 Å². The topological polar surface area (TPSA) is 38.9 Å². The minimum absolute atomic E-state index is 0.409. The lowest BCUT2D eigenvalue weighted by Crippen LogP contribution is -1.92. The molecule has 106 valence electrons. The van der Waals surface area contributed by atoms with E-state index in [0.717, 1.165) is 11.1 Å². The number of hydrogen-bond acceptors (Lipinski definition) is 4. The van der Waals surface area contributed by atoms with E-state index in [1.165, 1.54) is 4.90 Å². The summed E-state index contributed by atoms with van der Waals surface area (Å²) in [4.78, 5) is 1.19. The van der Waals surface area contributed by atoms with Gasteiger partial charge >= 0.3 is 0 Å². The van der Waals surface area contributed by atoms with E-state index in [2.05, 4.69) is 10.2 Å². The second kappa shape index (κ2) is 6.33. The molecular weight excluding hydrogens is 304 g/mol. The van der Waals surface area contributed by atoms with Crippen LogP contribution in [0.5, 0.6) is 0 Å². The smallest absolute Gasteiger partial charge is 0.247 e. The molecule has 5 heteroatoms. The van der Waals surface area contributed by atoms with Gasteiger partial charge in [0.1, 0.15) is 5.38 Å². The van der Waals surface area contributed by atoms with E-state index in [-0.39, 0.29) is 0 Å². The number of thioether (sulfide) groups is 1. The molecule has 0 fully saturated rings. The summed E-state index contributed by atoms with van der Waals surface area (Å²) in [7, 11) is 0. The van der Waals surface area contributed by atoms with Crippen molar-refractivity contribution >= 4 is 23.4 Å². The summed E-state index contributed by atoms with van der Waals surface area (Å²) in [6.45, 7) is 0. The summed E-state index contributed by atoms with van der Waals surface area (Å²) >= 11 is 8.07. The molecule has 0 N–H and O–H groups in total. The van der Waals surface area contributed by atoms with Gasteiger partial charge in [-0.1, -0.05) is 30.3 Å². The molecule has 3 nitrogen and oxygen atoms in total.